The van der Waals surface area contributed by atoms with Gasteiger partial charge in [-0.2, -0.15) is 5.01 Å². The highest BCUT2D eigenvalue weighted by Crippen LogP contribution is 2.32. The van der Waals surface area contributed by atoms with E-state index >= 15 is 0 Å². The maximum Gasteiger partial charge on any atom is 0.435 e. The summed E-state index contributed by atoms with van der Waals surface area (Å²) in [5.41, 5.74) is 3.16. The monoisotopic (exact) mass is 397 g/mol. The van der Waals surface area contributed by atoms with Crippen molar-refractivity contribution in [1.82, 2.24) is 9.99 Å². The summed E-state index contributed by atoms with van der Waals surface area (Å²) < 4.78 is 17.8. The Labute approximate surface area is 164 Å². The summed E-state index contributed by atoms with van der Waals surface area (Å²) in [7, 11) is 1.25. The lowest BCUT2D eigenvalue weighted by Crippen LogP contribution is -2.43. The molecule has 0 aliphatic carbocycles. The van der Waals surface area contributed by atoms with Gasteiger partial charge in [0.2, 0.25) is 0 Å². The van der Waals surface area contributed by atoms with Gasteiger partial charge in [-0.05, 0) is 36.4 Å². The molecule has 1 saturated heterocycles. The van der Waals surface area contributed by atoms with Gasteiger partial charge >= 0.3 is 6.09 Å². The van der Waals surface area contributed by atoms with Crippen LogP contribution in [0.15, 0.2) is 53.9 Å². The van der Waals surface area contributed by atoms with Crippen molar-refractivity contribution in [3.8, 4) is 21.8 Å². The Hall–Kier alpha value is -3.26. The maximum atomic E-state index is 13.1. The van der Waals surface area contributed by atoms with Crippen molar-refractivity contribution < 1.29 is 18.7 Å². The quantitative estimate of drug-likeness (QED) is 0.658. The molecule has 0 radical (unpaired) electrons. The lowest BCUT2D eigenvalue weighted by Gasteiger charge is -2.26. The van der Waals surface area contributed by atoms with E-state index in [1.54, 1.807) is 17.1 Å². The van der Waals surface area contributed by atoms with Gasteiger partial charge in [-0.15, -0.1) is 11.3 Å². The van der Waals surface area contributed by atoms with Crippen molar-refractivity contribution in [2.45, 2.75) is 6.42 Å². The molecule has 3 aromatic rings. The van der Waals surface area contributed by atoms with Gasteiger partial charge in [0.15, 0.2) is 0 Å². The number of hydrazine groups is 1. The molecule has 1 aliphatic heterocycles. The van der Waals surface area contributed by atoms with E-state index in [0.717, 1.165) is 26.8 Å². The molecule has 0 unspecified atom stereocenters. The number of halogens is 1. The summed E-state index contributed by atoms with van der Waals surface area (Å²) in [6, 6.07) is 13.7. The number of aromatic nitrogens is 1. The van der Waals surface area contributed by atoms with Crippen LogP contribution < -0.4 is 5.01 Å². The Kier molecular flexibility index (Phi) is 4.79. The topological polar surface area (TPSA) is 62.7 Å². The molecular formula is C20H16FN3O3S. The molecule has 0 saturated carbocycles. The van der Waals surface area contributed by atoms with Gasteiger partial charge in [0.1, 0.15) is 10.8 Å². The number of hydrogen-bond acceptors (Lipinski definition) is 6. The van der Waals surface area contributed by atoms with Crippen LogP contribution in [-0.4, -0.2) is 35.6 Å². The van der Waals surface area contributed by atoms with Crippen molar-refractivity contribution in [2.75, 3.05) is 18.7 Å². The SMILES string of the molecule is COC(=O)N1C(=O)CCN1c1cccc(-c2nc(-c3ccc(F)cc3)cs2)c1. The Morgan fingerprint density at radius 2 is 1.96 bits per heavy atom. The van der Waals surface area contributed by atoms with Gasteiger partial charge in [0.05, 0.1) is 18.5 Å². The van der Waals surface area contributed by atoms with Crippen LogP contribution in [0.25, 0.3) is 21.8 Å². The third-order valence-corrected chi connectivity index (χ3v) is 5.29. The second-order valence-electron chi connectivity index (χ2n) is 6.14. The van der Waals surface area contributed by atoms with Crippen LogP contribution >= 0.6 is 11.3 Å². The summed E-state index contributed by atoms with van der Waals surface area (Å²) in [6.45, 7) is 0.399. The Balaban J connectivity index is 1.63. The molecule has 0 N–H and O–H groups in total. The number of anilines is 1. The number of nitrogens with zero attached hydrogens (tertiary/aromatic N) is 3. The van der Waals surface area contributed by atoms with Crippen molar-refractivity contribution in [3.63, 3.8) is 0 Å². The second kappa shape index (κ2) is 7.40. The number of carbonyl (C=O) groups excluding carboxylic acids is 2. The summed E-state index contributed by atoms with van der Waals surface area (Å²) >= 11 is 1.47. The molecule has 1 aliphatic rings. The summed E-state index contributed by atoms with van der Waals surface area (Å²) in [5, 5.41) is 5.32. The average molecular weight is 397 g/mol. The zero-order valence-electron chi connectivity index (χ0n) is 15.0. The van der Waals surface area contributed by atoms with Gasteiger partial charge in [0.25, 0.3) is 5.91 Å². The van der Waals surface area contributed by atoms with E-state index in [0.29, 0.717) is 12.2 Å². The first-order valence-electron chi connectivity index (χ1n) is 8.57. The molecule has 0 bridgehead atoms. The van der Waals surface area contributed by atoms with Crippen LogP contribution in [0.4, 0.5) is 14.9 Å². The zero-order valence-corrected chi connectivity index (χ0v) is 15.8. The predicted molar refractivity (Wildman–Crippen MR) is 104 cm³/mol. The van der Waals surface area contributed by atoms with Gasteiger partial charge in [-0.1, -0.05) is 12.1 Å². The van der Waals surface area contributed by atoms with Crippen LogP contribution in [0.1, 0.15) is 6.42 Å². The van der Waals surface area contributed by atoms with Crippen molar-refractivity contribution in [1.29, 1.82) is 0 Å². The van der Waals surface area contributed by atoms with Crippen LogP contribution in [0, 0.1) is 5.82 Å². The molecule has 28 heavy (non-hydrogen) atoms. The smallest absolute Gasteiger partial charge is 0.435 e. The molecule has 8 heteroatoms. The molecule has 0 atom stereocenters. The number of amides is 2. The molecule has 1 fully saturated rings. The fourth-order valence-electron chi connectivity index (χ4n) is 3.03. The first kappa shape index (κ1) is 18.1. The maximum absolute atomic E-state index is 13.1. The molecule has 6 nitrogen and oxygen atoms in total. The molecular weight excluding hydrogens is 381 g/mol. The number of ether oxygens (including phenoxy) is 1. The van der Waals surface area contributed by atoms with E-state index in [1.807, 2.05) is 29.6 Å². The predicted octanol–water partition coefficient (Wildman–Crippen LogP) is 4.34. The largest absolute Gasteiger partial charge is 0.451 e. The van der Waals surface area contributed by atoms with Crippen LogP contribution in [0.3, 0.4) is 0 Å². The van der Waals surface area contributed by atoms with E-state index in [4.69, 9.17) is 4.74 Å². The van der Waals surface area contributed by atoms with E-state index in [1.165, 1.54) is 30.6 Å². The highest BCUT2D eigenvalue weighted by atomic mass is 32.1. The Bertz CT molecular complexity index is 1040. The number of imide groups is 1. The van der Waals surface area contributed by atoms with Crippen molar-refractivity contribution in [2.24, 2.45) is 0 Å². The second-order valence-corrected chi connectivity index (χ2v) is 7.00. The Morgan fingerprint density at radius 1 is 1.18 bits per heavy atom. The normalized spacial score (nSPS) is 13.9. The summed E-state index contributed by atoms with van der Waals surface area (Å²) in [5.74, 6) is -0.590. The fraction of sp³-hybridized carbons (Fsp3) is 0.150. The summed E-state index contributed by atoms with van der Waals surface area (Å²) in [6.07, 6.45) is -0.466. The average Bonchev–Trinajstić information content (AvgIpc) is 3.35. The van der Waals surface area contributed by atoms with Crippen molar-refractivity contribution in [3.05, 3.63) is 59.7 Å². The highest BCUT2D eigenvalue weighted by Gasteiger charge is 2.35. The fourth-order valence-corrected chi connectivity index (χ4v) is 3.86. The minimum Gasteiger partial charge on any atom is -0.451 e. The molecule has 1 aromatic heterocycles. The minimum absolute atomic E-state index is 0.241. The van der Waals surface area contributed by atoms with Gasteiger partial charge in [-0.3, -0.25) is 9.80 Å². The molecule has 4 rings (SSSR count). The third-order valence-electron chi connectivity index (χ3n) is 4.40. The number of hydrogen-bond donors (Lipinski definition) is 0. The van der Waals surface area contributed by atoms with Crippen LogP contribution in [0.5, 0.6) is 0 Å². The number of carbonyl (C=O) groups is 2. The Morgan fingerprint density at radius 3 is 2.71 bits per heavy atom. The number of rotatable bonds is 3. The van der Waals surface area contributed by atoms with Gasteiger partial charge in [0, 0.05) is 29.5 Å². The van der Waals surface area contributed by atoms with E-state index < -0.39 is 6.09 Å². The lowest BCUT2D eigenvalue weighted by molar-refractivity contribution is -0.126. The third kappa shape index (κ3) is 3.34. The molecule has 2 aromatic carbocycles. The van der Waals surface area contributed by atoms with E-state index in [-0.39, 0.29) is 18.1 Å². The van der Waals surface area contributed by atoms with E-state index in [9.17, 15) is 14.0 Å². The minimum atomic E-state index is -0.708. The summed E-state index contributed by atoms with van der Waals surface area (Å²) in [4.78, 5) is 28.6. The van der Waals surface area contributed by atoms with Gasteiger partial charge < -0.3 is 4.74 Å². The lowest BCUT2D eigenvalue weighted by atomic mass is 10.1. The molecule has 2 heterocycles. The highest BCUT2D eigenvalue weighted by molar-refractivity contribution is 7.13. The van der Waals surface area contributed by atoms with Crippen LogP contribution in [-0.2, 0) is 9.53 Å². The van der Waals surface area contributed by atoms with E-state index in [2.05, 4.69) is 4.98 Å². The van der Waals surface area contributed by atoms with Gasteiger partial charge in [-0.25, -0.2) is 14.2 Å². The standard InChI is InChI=1S/C20H16FN3O3S/c1-27-20(26)24-18(25)9-10-23(24)16-4-2-3-14(11-16)19-22-17(12-28-19)13-5-7-15(21)8-6-13/h2-8,11-12H,9-10H2,1H3. The van der Waals surface area contributed by atoms with Crippen molar-refractivity contribution >= 4 is 29.0 Å². The molecule has 142 valence electrons. The van der Waals surface area contributed by atoms with Crippen LogP contribution in [0.2, 0.25) is 0 Å². The first-order valence-corrected chi connectivity index (χ1v) is 9.45. The first-order chi connectivity index (χ1) is 13.6. The number of methoxy groups -OCH3 is 1. The molecule has 0 spiro atoms. The molecule has 2 amide bonds. The number of benzene rings is 2. The zero-order chi connectivity index (χ0) is 19.7. The number of thiazole rings is 1.